The Kier molecular flexibility index (Phi) is 2.09. The standard InChI is InChI=1S/C11H13N5/c1-8-2-6-10(7-3-8)16-11(13-14-15-16)12-9-4-5-9/h2-3,6-7,9H,4-5H2,1H3,(H,12,13,15). The molecular formula is C11H13N5. The summed E-state index contributed by atoms with van der Waals surface area (Å²) in [6.07, 6.45) is 2.42. The number of benzene rings is 1. The minimum Gasteiger partial charge on any atom is -0.350 e. The summed E-state index contributed by atoms with van der Waals surface area (Å²) in [6, 6.07) is 8.69. The van der Waals surface area contributed by atoms with Crippen molar-refractivity contribution in [1.29, 1.82) is 0 Å². The lowest BCUT2D eigenvalue weighted by molar-refractivity contribution is 0.789. The fourth-order valence-electron chi connectivity index (χ4n) is 1.55. The Bertz CT molecular complexity index is 483. The summed E-state index contributed by atoms with van der Waals surface area (Å²) in [7, 11) is 0. The molecule has 1 saturated carbocycles. The van der Waals surface area contributed by atoms with Crippen molar-refractivity contribution in [3.8, 4) is 5.69 Å². The lowest BCUT2D eigenvalue weighted by Gasteiger charge is -2.05. The molecule has 2 aromatic rings. The molecule has 5 heteroatoms. The monoisotopic (exact) mass is 215 g/mol. The molecular weight excluding hydrogens is 202 g/mol. The fraction of sp³-hybridized carbons (Fsp3) is 0.364. The maximum atomic E-state index is 3.99. The van der Waals surface area contributed by atoms with Crippen LogP contribution in [0.3, 0.4) is 0 Å². The van der Waals surface area contributed by atoms with Crippen LogP contribution in [0.1, 0.15) is 18.4 Å². The zero-order valence-corrected chi connectivity index (χ0v) is 9.09. The van der Waals surface area contributed by atoms with Gasteiger partial charge in [-0.2, -0.15) is 4.68 Å². The number of aryl methyl sites for hydroxylation is 1. The van der Waals surface area contributed by atoms with Gasteiger partial charge in [0.05, 0.1) is 5.69 Å². The highest BCUT2D eigenvalue weighted by atomic mass is 15.6. The smallest absolute Gasteiger partial charge is 0.247 e. The maximum Gasteiger partial charge on any atom is 0.247 e. The second kappa shape index (κ2) is 3.59. The molecule has 82 valence electrons. The van der Waals surface area contributed by atoms with Gasteiger partial charge in [0, 0.05) is 6.04 Å². The average Bonchev–Trinajstić information content (AvgIpc) is 2.97. The van der Waals surface area contributed by atoms with Crippen molar-refractivity contribution >= 4 is 5.95 Å². The SMILES string of the molecule is Cc1ccc(-n2nnnc2NC2CC2)cc1. The van der Waals surface area contributed by atoms with E-state index >= 15 is 0 Å². The fourth-order valence-corrected chi connectivity index (χ4v) is 1.55. The Morgan fingerprint density at radius 3 is 2.69 bits per heavy atom. The first-order chi connectivity index (χ1) is 7.83. The van der Waals surface area contributed by atoms with E-state index in [9.17, 15) is 0 Å². The van der Waals surface area contributed by atoms with E-state index in [0.717, 1.165) is 11.6 Å². The van der Waals surface area contributed by atoms with Gasteiger partial charge < -0.3 is 5.32 Å². The molecule has 1 heterocycles. The molecule has 1 aromatic carbocycles. The van der Waals surface area contributed by atoms with E-state index in [4.69, 9.17) is 0 Å². The number of hydrogen-bond donors (Lipinski definition) is 1. The van der Waals surface area contributed by atoms with E-state index in [1.165, 1.54) is 18.4 Å². The Balaban J connectivity index is 1.92. The molecule has 0 unspecified atom stereocenters. The number of nitrogens with zero attached hydrogens (tertiary/aromatic N) is 4. The first-order valence-corrected chi connectivity index (χ1v) is 5.45. The molecule has 0 atom stereocenters. The van der Waals surface area contributed by atoms with Crippen LogP contribution in [0.15, 0.2) is 24.3 Å². The lowest BCUT2D eigenvalue weighted by Crippen LogP contribution is -2.08. The highest BCUT2D eigenvalue weighted by Gasteiger charge is 2.23. The van der Waals surface area contributed by atoms with E-state index in [2.05, 4.69) is 39.9 Å². The van der Waals surface area contributed by atoms with Crippen molar-refractivity contribution in [2.45, 2.75) is 25.8 Å². The summed E-state index contributed by atoms with van der Waals surface area (Å²) in [4.78, 5) is 0. The van der Waals surface area contributed by atoms with Crippen LogP contribution >= 0.6 is 0 Å². The van der Waals surface area contributed by atoms with E-state index < -0.39 is 0 Å². The molecule has 1 aliphatic carbocycles. The number of anilines is 1. The predicted molar refractivity (Wildman–Crippen MR) is 60.5 cm³/mol. The number of aromatic nitrogens is 4. The Morgan fingerprint density at radius 2 is 2.00 bits per heavy atom. The van der Waals surface area contributed by atoms with E-state index in [0.29, 0.717) is 6.04 Å². The molecule has 0 aliphatic heterocycles. The average molecular weight is 215 g/mol. The van der Waals surface area contributed by atoms with Gasteiger partial charge in [-0.3, -0.25) is 0 Å². The van der Waals surface area contributed by atoms with Crippen molar-refractivity contribution in [2.75, 3.05) is 5.32 Å². The summed E-state index contributed by atoms with van der Waals surface area (Å²) in [5, 5.41) is 15.0. The number of tetrazole rings is 1. The summed E-state index contributed by atoms with van der Waals surface area (Å²) < 4.78 is 1.73. The maximum absolute atomic E-state index is 3.99. The zero-order chi connectivity index (χ0) is 11.0. The molecule has 1 fully saturated rings. The number of hydrogen-bond acceptors (Lipinski definition) is 4. The van der Waals surface area contributed by atoms with Gasteiger partial charge in [-0.25, -0.2) is 0 Å². The van der Waals surface area contributed by atoms with Gasteiger partial charge >= 0.3 is 0 Å². The summed E-state index contributed by atoms with van der Waals surface area (Å²) >= 11 is 0. The van der Waals surface area contributed by atoms with Crippen LogP contribution in [0.5, 0.6) is 0 Å². The largest absolute Gasteiger partial charge is 0.350 e. The Morgan fingerprint density at radius 1 is 1.25 bits per heavy atom. The molecule has 0 saturated heterocycles. The van der Waals surface area contributed by atoms with Crippen molar-refractivity contribution in [3.05, 3.63) is 29.8 Å². The molecule has 1 N–H and O–H groups in total. The van der Waals surface area contributed by atoms with Crippen LogP contribution in [0.2, 0.25) is 0 Å². The van der Waals surface area contributed by atoms with Gasteiger partial charge in [0.15, 0.2) is 0 Å². The molecule has 0 spiro atoms. The van der Waals surface area contributed by atoms with Crippen LogP contribution in [-0.4, -0.2) is 26.2 Å². The topological polar surface area (TPSA) is 55.6 Å². The predicted octanol–water partition coefficient (Wildman–Crippen LogP) is 1.55. The van der Waals surface area contributed by atoms with Crippen molar-refractivity contribution in [1.82, 2.24) is 20.2 Å². The summed E-state index contributed by atoms with van der Waals surface area (Å²) in [5.74, 6) is 0.728. The number of nitrogens with one attached hydrogen (secondary N) is 1. The first-order valence-electron chi connectivity index (χ1n) is 5.45. The molecule has 0 bridgehead atoms. The van der Waals surface area contributed by atoms with Crippen LogP contribution in [0.25, 0.3) is 5.69 Å². The molecule has 16 heavy (non-hydrogen) atoms. The molecule has 0 amide bonds. The molecule has 0 radical (unpaired) electrons. The Hall–Kier alpha value is -1.91. The van der Waals surface area contributed by atoms with Gasteiger partial charge in [0.25, 0.3) is 0 Å². The Labute approximate surface area is 93.5 Å². The van der Waals surface area contributed by atoms with Crippen LogP contribution in [-0.2, 0) is 0 Å². The minimum absolute atomic E-state index is 0.551. The highest BCUT2D eigenvalue weighted by Crippen LogP contribution is 2.24. The quantitative estimate of drug-likeness (QED) is 0.843. The van der Waals surface area contributed by atoms with Crippen LogP contribution in [0, 0.1) is 6.92 Å². The third kappa shape index (κ3) is 1.76. The van der Waals surface area contributed by atoms with Gasteiger partial charge in [-0.05, 0) is 42.3 Å². The van der Waals surface area contributed by atoms with Crippen molar-refractivity contribution in [3.63, 3.8) is 0 Å². The van der Waals surface area contributed by atoms with Crippen LogP contribution in [0.4, 0.5) is 5.95 Å². The molecule has 1 aromatic heterocycles. The van der Waals surface area contributed by atoms with E-state index in [1.54, 1.807) is 4.68 Å². The summed E-state index contributed by atoms with van der Waals surface area (Å²) in [5.41, 5.74) is 2.22. The van der Waals surface area contributed by atoms with E-state index in [-0.39, 0.29) is 0 Å². The zero-order valence-electron chi connectivity index (χ0n) is 9.09. The highest BCUT2D eigenvalue weighted by molar-refractivity contribution is 5.40. The lowest BCUT2D eigenvalue weighted by atomic mass is 10.2. The molecule has 3 rings (SSSR count). The third-order valence-corrected chi connectivity index (χ3v) is 2.66. The second-order valence-corrected chi connectivity index (χ2v) is 4.17. The minimum atomic E-state index is 0.551. The van der Waals surface area contributed by atoms with Crippen molar-refractivity contribution < 1.29 is 0 Å². The first kappa shape index (κ1) is 9.33. The third-order valence-electron chi connectivity index (χ3n) is 2.66. The summed E-state index contributed by atoms with van der Waals surface area (Å²) in [6.45, 7) is 2.06. The van der Waals surface area contributed by atoms with Gasteiger partial charge in [0.1, 0.15) is 0 Å². The normalized spacial score (nSPS) is 15.1. The van der Waals surface area contributed by atoms with Crippen LogP contribution < -0.4 is 5.32 Å². The molecule has 1 aliphatic rings. The van der Waals surface area contributed by atoms with Gasteiger partial charge in [-0.1, -0.05) is 22.8 Å². The second-order valence-electron chi connectivity index (χ2n) is 4.17. The molecule has 5 nitrogen and oxygen atoms in total. The number of rotatable bonds is 3. The van der Waals surface area contributed by atoms with Gasteiger partial charge in [0.2, 0.25) is 5.95 Å². The van der Waals surface area contributed by atoms with Crippen molar-refractivity contribution in [2.24, 2.45) is 0 Å². The van der Waals surface area contributed by atoms with E-state index in [1.807, 2.05) is 12.1 Å². The van der Waals surface area contributed by atoms with Gasteiger partial charge in [-0.15, -0.1) is 0 Å².